The van der Waals surface area contributed by atoms with Crippen molar-refractivity contribution in [1.82, 2.24) is 9.80 Å². The van der Waals surface area contributed by atoms with Gasteiger partial charge in [-0.3, -0.25) is 14.4 Å². The van der Waals surface area contributed by atoms with Gasteiger partial charge in [0, 0.05) is 38.5 Å². The molecular formula is C37H47N3O5. The Morgan fingerprint density at radius 1 is 0.956 bits per heavy atom. The van der Waals surface area contributed by atoms with Crippen molar-refractivity contribution in [2.45, 2.75) is 75.7 Å². The first-order valence-electron chi connectivity index (χ1n) is 16.4. The zero-order valence-corrected chi connectivity index (χ0v) is 26.5. The maximum absolute atomic E-state index is 14.7. The van der Waals surface area contributed by atoms with Gasteiger partial charge in [-0.1, -0.05) is 80.4 Å². The van der Waals surface area contributed by atoms with E-state index in [1.807, 2.05) is 67.6 Å². The van der Waals surface area contributed by atoms with Crippen molar-refractivity contribution in [3.8, 4) is 0 Å². The highest BCUT2D eigenvalue weighted by Gasteiger charge is 2.79. The first-order chi connectivity index (χ1) is 21.9. The topological polar surface area (TPSA) is 90.4 Å². The Balaban J connectivity index is 1.54. The molecule has 5 rings (SSSR count). The van der Waals surface area contributed by atoms with Crippen LogP contribution in [-0.4, -0.2) is 76.1 Å². The maximum Gasteiger partial charge on any atom is 0.248 e. The smallest absolute Gasteiger partial charge is 0.248 e. The summed E-state index contributed by atoms with van der Waals surface area (Å²) in [7, 11) is 0. The van der Waals surface area contributed by atoms with Crippen LogP contribution in [0.15, 0.2) is 86.0 Å². The average Bonchev–Trinajstić information content (AvgIpc) is 3.67. The Bertz CT molecular complexity index is 1370. The Labute approximate surface area is 267 Å². The lowest BCUT2D eigenvalue weighted by Gasteiger charge is -2.37. The molecule has 2 unspecified atom stereocenters. The van der Waals surface area contributed by atoms with Crippen LogP contribution >= 0.6 is 0 Å². The molecule has 3 amide bonds. The van der Waals surface area contributed by atoms with Crippen molar-refractivity contribution in [2.75, 3.05) is 31.1 Å². The van der Waals surface area contributed by atoms with Crippen LogP contribution in [0.2, 0.25) is 0 Å². The molecule has 2 aromatic rings. The number of ether oxygens (including phenoxy) is 1. The number of unbranched alkanes of at least 4 members (excludes halogenated alkanes) is 3. The van der Waals surface area contributed by atoms with Gasteiger partial charge in [0.05, 0.1) is 17.4 Å². The molecule has 2 bridgehead atoms. The van der Waals surface area contributed by atoms with Crippen molar-refractivity contribution < 1.29 is 24.2 Å². The summed E-state index contributed by atoms with van der Waals surface area (Å²) < 4.78 is 7.03. The van der Waals surface area contributed by atoms with Gasteiger partial charge in [-0.25, -0.2) is 0 Å². The van der Waals surface area contributed by atoms with Crippen LogP contribution in [-0.2, 0) is 25.7 Å². The molecule has 0 radical (unpaired) electrons. The van der Waals surface area contributed by atoms with Crippen LogP contribution in [0, 0.1) is 11.8 Å². The predicted molar refractivity (Wildman–Crippen MR) is 175 cm³/mol. The fourth-order valence-corrected chi connectivity index (χ4v) is 7.95. The highest BCUT2D eigenvalue weighted by Crippen LogP contribution is 2.64. The van der Waals surface area contributed by atoms with Crippen LogP contribution in [0.5, 0.6) is 0 Å². The Morgan fingerprint density at radius 2 is 1.62 bits per heavy atom. The standard InChI is InChI=1S/C37H47N3O5/c1-4-23-38(27-28-17-11-9-12-18-28)35(44)32-37-22-21-36(6-3,45-37)30(31(37)34(43)40(32)25-15-7-8-16-26-41)33(42)39(24-5-2)29-19-13-10-14-20-29/h4-5,9-14,17-20,30-32,41H,1-2,6-8,15-16,21-27H2,3H3/t30-,31+,32?,36+,37?/m1/s1. The van der Waals surface area contributed by atoms with Crippen molar-refractivity contribution in [3.05, 3.63) is 91.5 Å². The molecule has 0 saturated carbocycles. The molecule has 3 aliphatic heterocycles. The summed E-state index contributed by atoms with van der Waals surface area (Å²) in [4.78, 5) is 49.2. The van der Waals surface area contributed by atoms with Crippen molar-refractivity contribution in [1.29, 1.82) is 0 Å². The normalized spacial score (nSPS) is 26.5. The number of fused-ring (bicyclic) bond motifs is 1. The summed E-state index contributed by atoms with van der Waals surface area (Å²) in [6.45, 7) is 11.4. The summed E-state index contributed by atoms with van der Waals surface area (Å²) in [6.07, 6.45) is 8.19. The van der Waals surface area contributed by atoms with E-state index in [0.717, 1.165) is 24.1 Å². The summed E-state index contributed by atoms with van der Waals surface area (Å²) in [6, 6.07) is 18.4. The monoisotopic (exact) mass is 613 g/mol. The maximum atomic E-state index is 14.7. The van der Waals surface area contributed by atoms with E-state index in [2.05, 4.69) is 13.2 Å². The Kier molecular flexibility index (Phi) is 10.2. The van der Waals surface area contributed by atoms with Crippen LogP contribution in [0.3, 0.4) is 0 Å². The predicted octanol–water partition coefficient (Wildman–Crippen LogP) is 5.13. The molecule has 3 fully saturated rings. The number of carbonyl (C=O) groups excluding carboxylic acids is 3. The number of para-hydroxylation sites is 1. The Morgan fingerprint density at radius 3 is 2.27 bits per heavy atom. The highest BCUT2D eigenvalue weighted by atomic mass is 16.5. The minimum absolute atomic E-state index is 0.129. The Hall–Kier alpha value is -3.75. The van der Waals surface area contributed by atoms with Crippen molar-refractivity contribution >= 4 is 23.4 Å². The zero-order chi connectivity index (χ0) is 32.0. The lowest BCUT2D eigenvalue weighted by atomic mass is 9.64. The number of benzene rings is 2. The number of anilines is 1. The third-order valence-electron chi connectivity index (χ3n) is 10.0. The summed E-state index contributed by atoms with van der Waals surface area (Å²) in [5, 5.41) is 9.26. The number of aliphatic hydroxyl groups is 1. The van der Waals surface area contributed by atoms with E-state index in [-0.39, 0.29) is 24.3 Å². The molecule has 3 saturated heterocycles. The molecule has 1 spiro atoms. The fraction of sp³-hybridized carbons (Fsp3) is 0.486. The quantitative estimate of drug-likeness (QED) is 0.210. The first-order valence-corrected chi connectivity index (χ1v) is 16.4. The molecule has 3 aliphatic rings. The molecule has 8 nitrogen and oxygen atoms in total. The zero-order valence-electron chi connectivity index (χ0n) is 26.5. The van der Waals surface area contributed by atoms with Crippen molar-refractivity contribution in [3.63, 3.8) is 0 Å². The van der Waals surface area contributed by atoms with Gasteiger partial charge in [-0.15, -0.1) is 13.2 Å². The molecule has 0 aliphatic carbocycles. The van der Waals surface area contributed by atoms with Gasteiger partial charge < -0.3 is 24.5 Å². The minimum Gasteiger partial charge on any atom is -0.396 e. The van der Waals surface area contributed by atoms with Gasteiger partial charge in [0.2, 0.25) is 17.7 Å². The molecule has 45 heavy (non-hydrogen) atoms. The van der Waals surface area contributed by atoms with E-state index in [4.69, 9.17) is 4.74 Å². The second-order valence-electron chi connectivity index (χ2n) is 12.6. The number of nitrogens with zero attached hydrogens (tertiary/aromatic N) is 3. The summed E-state index contributed by atoms with van der Waals surface area (Å²) in [5.74, 6) is -1.99. The second kappa shape index (κ2) is 14.1. The van der Waals surface area contributed by atoms with Gasteiger partial charge >= 0.3 is 0 Å². The van der Waals surface area contributed by atoms with Gasteiger partial charge in [0.1, 0.15) is 11.6 Å². The average molecular weight is 614 g/mol. The summed E-state index contributed by atoms with van der Waals surface area (Å²) in [5.41, 5.74) is -0.203. The first kappa shape index (κ1) is 32.6. The number of amides is 3. The SMILES string of the molecule is C=CCN(Cc1ccccc1)C(=O)C1N(CCCCCCO)C(=O)[C@@H]2[C@H](C(=O)N(CC=C)c3ccccc3)[C@]3(CC)CCC12O3. The van der Waals surface area contributed by atoms with Gasteiger partial charge in [-0.05, 0) is 49.8 Å². The van der Waals surface area contributed by atoms with Gasteiger partial charge in [-0.2, -0.15) is 0 Å². The third-order valence-corrected chi connectivity index (χ3v) is 10.0. The molecule has 0 aromatic heterocycles. The van der Waals surface area contributed by atoms with Gasteiger partial charge in [0.25, 0.3) is 0 Å². The van der Waals surface area contributed by atoms with E-state index >= 15 is 0 Å². The lowest BCUT2D eigenvalue weighted by molar-refractivity contribution is -0.153. The highest BCUT2D eigenvalue weighted by molar-refractivity contribution is 6.03. The van der Waals surface area contributed by atoms with Crippen LogP contribution in [0.1, 0.15) is 57.4 Å². The lowest BCUT2D eigenvalue weighted by Crippen LogP contribution is -2.56. The van der Waals surface area contributed by atoms with Crippen LogP contribution in [0.4, 0.5) is 5.69 Å². The van der Waals surface area contributed by atoms with E-state index in [1.54, 1.807) is 26.9 Å². The van der Waals surface area contributed by atoms with Crippen molar-refractivity contribution in [2.24, 2.45) is 11.8 Å². The molecule has 240 valence electrons. The molecule has 3 heterocycles. The molecular weight excluding hydrogens is 566 g/mol. The minimum atomic E-state index is -1.09. The number of carbonyl (C=O) groups is 3. The van der Waals surface area contributed by atoms with E-state index < -0.39 is 29.1 Å². The number of hydrogen-bond acceptors (Lipinski definition) is 5. The van der Waals surface area contributed by atoms with E-state index in [0.29, 0.717) is 58.3 Å². The number of rotatable bonds is 16. The van der Waals surface area contributed by atoms with E-state index in [9.17, 15) is 19.5 Å². The largest absolute Gasteiger partial charge is 0.396 e. The molecule has 1 N–H and O–H groups in total. The van der Waals surface area contributed by atoms with Crippen LogP contribution in [0.25, 0.3) is 0 Å². The number of hydrogen-bond donors (Lipinski definition) is 1. The second-order valence-corrected chi connectivity index (χ2v) is 12.6. The third kappa shape index (κ3) is 5.98. The summed E-state index contributed by atoms with van der Waals surface area (Å²) >= 11 is 0. The molecule has 2 aromatic carbocycles. The molecule has 5 atom stereocenters. The van der Waals surface area contributed by atoms with Crippen LogP contribution < -0.4 is 4.90 Å². The number of aliphatic hydroxyl groups excluding tert-OH is 1. The van der Waals surface area contributed by atoms with E-state index in [1.165, 1.54) is 0 Å². The number of likely N-dealkylation sites (tertiary alicyclic amines) is 1. The molecule has 8 heteroatoms. The fourth-order valence-electron chi connectivity index (χ4n) is 7.95. The van der Waals surface area contributed by atoms with Gasteiger partial charge in [0.15, 0.2) is 0 Å².